The lowest BCUT2D eigenvalue weighted by molar-refractivity contribution is 0.354. The number of nitrogens with one attached hydrogen (secondary N) is 1. The van der Waals surface area contributed by atoms with E-state index in [0.29, 0.717) is 23.8 Å². The van der Waals surface area contributed by atoms with E-state index in [1.165, 1.54) is 0 Å². The van der Waals surface area contributed by atoms with E-state index in [0.717, 1.165) is 16.9 Å². The number of hydrazone groups is 1. The average molecular weight is 330 g/mol. The van der Waals surface area contributed by atoms with Crippen LogP contribution in [0.4, 0.5) is 0 Å². The second-order valence-electron chi connectivity index (χ2n) is 4.89. The summed E-state index contributed by atoms with van der Waals surface area (Å²) in [6.45, 7) is 0.565. The number of ether oxygens (including phenoxy) is 4. The van der Waals surface area contributed by atoms with Crippen LogP contribution in [-0.2, 0) is 6.54 Å². The Kier molecular flexibility index (Phi) is 6.31. The van der Waals surface area contributed by atoms with Crippen LogP contribution in [-0.4, -0.2) is 34.7 Å². The summed E-state index contributed by atoms with van der Waals surface area (Å²) in [5, 5.41) is 4.23. The fourth-order valence-electron chi connectivity index (χ4n) is 2.17. The predicted octanol–water partition coefficient (Wildman–Crippen LogP) is 2.84. The van der Waals surface area contributed by atoms with E-state index >= 15 is 0 Å². The Labute approximate surface area is 142 Å². The smallest absolute Gasteiger partial charge is 0.161 e. The monoisotopic (exact) mass is 330 g/mol. The summed E-state index contributed by atoms with van der Waals surface area (Å²) < 4.78 is 21.0. The SMILES string of the molecule is COc1ccc(/C=N/NCc2ccc(OC)c(OC)c2)c(OC)c1. The summed E-state index contributed by atoms with van der Waals surface area (Å²) in [7, 11) is 6.46. The van der Waals surface area contributed by atoms with Gasteiger partial charge in [0.1, 0.15) is 11.5 Å². The molecule has 0 aliphatic carbocycles. The van der Waals surface area contributed by atoms with Crippen LogP contribution in [0, 0.1) is 0 Å². The van der Waals surface area contributed by atoms with Crippen molar-refractivity contribution in [1.29, 1.82) is 0 Å². The first-order valence-corrected chi connectivity index (χ1v) is 7.40. The van der Waals surface area contributed by atoms with Crippen LogP contribution >= 0.6 is 0 Å². The van der Waals surface area contributed by atoms with Gasteiger partial charge in [0.25, 0.3) is 0 Å². The Morgan fingerprint density at radius 2 is 1.58 bits per heavy atom. The van der Waals surface area contributed by atoms with Gasteiger partial charge in [-0.3, -0.25) is 0 Å². The second kappa shape index (κ2) is 8.67. The molecule has 0 aliphatic heterocycles. The highest BCUT2D eigenvalue weighted by molar-refractivity contribution is 5.83. The molecule has 24 heavy (non-hydrogen) atoms. The maximum absolute atomic E-state index is 5.33. The van der Waals surface area contributed by atoms with Crippen molar-refractivity contribution >= 4 is 6.21 Å². The van der Waals surface area contributed by atoms with Crippen molar-refractivity contribution in [2.75, 3.05) is 28.4 Å². The highest BCUT2D eigenvalue weighted by Gasteiger charge is 2.04. The summed E-state index contributed by atoms with van der Waals surface area (Å²) in [5.74, 6) is 2.83. The minimum atomic E-state index is 0.565. The number of rotatable bonds is 8. The zero-order valence-electron chi connectivity index (χ0n) is 14.3. The first kappa shape index (κ1) is 17.5. The molecular weight excluding hydrogens is 308 g/mol. The number of nitrogens with zero attached hydrogens (tertiary/aromatic N) is 1. The molecule has 0 aromatic heterocycles. The molecule has 0 spiro atoms. The van der Waals surface area contributed by atoms with Crippen molar-refractivity contribution in [3.8, 4) is 23.0 Å². The number of methoxy groups -OCH3 is 4. The fourth-order valence-corrected chi connectivity index (χ4v) is 2.17. The molecule has 128 valence electrons. The zero-order chi connectivity index (χ0) is 17.4. The highest BCUT2D eigenvalue weighted by atomic mass is 16.5. The number of benzene rings is 2. The summed E-state index contributed by atoms with van der Waals surface area (Å²) >= 11 is 0. The Hall–Kier alpha value is -2.89. The molecule has 0 saturated carbocycles. The molecule has 2 rings (SSSR count). The molecule has 0 atom stereocenters. The summed E-state index contributed by atoms with van der Waals surface area (Å²) in [4.78, 5) is 0. The van der Waals surface area contributed by atoms with Gasteiger partial charge < -0.3 is 24.4 Å². The van der Waals surface area contributed by atoms with Crippen molar-refractivity contribution in [2.24, 2.45) is 5.10 Å². The third-order valence-electron chi connectivity index (χ3n) is 3.47. The van der Waals surface area contributed by atoms with Crippen LogP contribution < -0.4 is 24.4 Å². The van der Waals surface area contributed by atoms with Crippen LogP contribution in [0.25, 0.3) is 0 Å². The quantitative estimate of drug-likeness (QED) is 0.596. The summed E-state index contributed by atoms with van der Waals surface area (Å²) in [6, 6.07) is 11.3. The van der Waals surface area contributed by atoms with Crippen LogP contribution in [0.15, 0.2) is 41.5 Å². The van der Waals surface area contributed by atoms with Crippen molar-refractivity contribution in [3.05, 3.63) is 47.5 Å². The Morgan fingerprint density at radius 3 is 2.25 bits per heavy atom. The third kappa shape index (κ3) is 4.32. The zero-order valence-corrected chi connectivity index (χ0v) is 14.3. The van der Waals surface area contributed by atoms with Gasteiger partial charge in [0.15, 0.2) is 11.5 Å². The molecule has 2 aromatic carbocycles. The molecule has 6 nitrogen and oxygen atoms in total. The highest BCUT2D eigenvalue weighted by Crippen LogP contribution is 2.27. The number of hydrogen-bond acceptors (Lipinski definition) is 6. The molecule has 0 bridgehead atoms. The summed E-state index contributed by atoms with van der Waals surface area (Å²) in [5.41, 5.74) is 4.90. The van der Waals surface area contributed by atoms with E-state index in [9.17, 15) is 0 Å². The first-order valence-electron chi connectivity index (χ1n) is 7.40. The predicted molar refractivity (Wildman–Crippen MR) is 93.5 cm³/mol. The molecule has 0 radical (unpaired) electrons. The van der Waals surface area contributed by atoms with Gasteiger partial charge in [-0.05, 0) is 29.8 Å². The average Bonchev–Trinajstić information content (AvgIpc) is 2.64. The lowest BCUT2D eigenvalue weighted by atomic mass is 10.2. The lowest BCUT2D eigenvalue weighted by Crippen LogP contribution is -2.06. The molecular formula is C18H22N2O4. The van der Waals surface area contributed by atoms with Gasteiger partial charge in [-0.25, -0.2) is 0 Å². The van der Waals surface area contributed by atoms with Crippen LogP contribution in [0.2, 0.25) is 0 Å². The van der Waals surface area contributed by atoms with E-state index in [-0.39, 0.29) is 0 Å². The van der Waals surface area contributed by atoms with Gasteiger partial charge in [-0.2, -0.15) is 5.10 Å². The number of hydrogen-bond donors (Lipinski definition) is 1. The van der Waals surface area contributed by atoms with Crippen molar-refractivity contribution in [3.63, 3.8) is 0 Å². The largest absolute Gasteiger partial charge is 0.497 e. The third-order valence-corrected chi connectivity index (χ3v) is 3.47. The molecule has 0 aliphatic rings. The van der Waals surface area contributed by atoms with Crippen LogP contribution in [0.3, 0.4) is 0 Å². The second-order valence-corrected chi connectivity index (χ2v) is 4.89. The van der Waals surface area contributed by atoms with Gasteiger partial charge in [0.05, 0.1) is 41.2 Å². The Morgan fingerprint density at radius 1 is 0.833 bits per heavy atom. The van der Waals surface area contributed by atoms with Gasteiger partial charge in [-0.15, -0.1) is 0 Å². The van der Waals surface area contributed by atoms with E-state index in [4.69, 9.17) is 18.9 Å². The van der Waals surface area contributed by atoms with Crippen molar-refractivity contribution < 1.29 is 18.9 Å². The molecule has 0 fully saturated rings. The van der Waals surface area contributed by atoms with Crippen molar-refractivity contribution in [2.45, 2.75) is 6.54 Å². The molecule has 0 saturated heterocycles. The van der Waals surface area contributed by atoms with E-state index in [2.05, 4.69) is 10.5 Å². The lowest BCUT2D eigenvalue weighted by Gasteiger charge is -2.09. The minimum Gasteiger partial charge on any atom is -0.497 e. The van der Waals surface area contributed by atoms with Crippen molar-refractivity contribution in [1.82, 2.24) is 5.43 Å². The normalized spacial score (nSPS) is 10.5. The molecule has 0 unspecified atom stereocenters. The fraction of sp³-hybridized carbons (Fsp3) is 0.278. The van der Waals surface area contributed by atoms with Crippen LogP contribution in [0.1, 0.15) is 11.1 Å². The van der Waals surface area contributed by atoms with Gasteiger partial charge in [0, 0.05) is 11.6 Å². The molecule has 2 aromatic rings. The Bertz CT molecular complexity index is 701. The molecule has 0 amide bonds. The molecule has 1 N–H and O–H groups in total. The molecule has 6 heteroatoms. The topological polar surface area (TPSA) is 61.3 Å². The standard InChI is InChI=1S/C18H22N2O4/c1-21-15-7-6-14(17(10-15)23-3)12-20-19-11-13-5-8-16(22-2)18(9-13)24-4/h5-10,12,19H,11H2,1-4H3/b20-12+. The van der Waals surface area contributed by atoms with Gasteiger partial charge in [-0.1, -0.05) is 6.07 Å². The maximum atomic E-state index is 5.33. The minimum absolute atomic E-state index is 0.565. The van der Waals surface area contributed by atoms with E-state index < -0.39 is 0 Å². The molecule has 0 heterocycles. The van der Waals surface area contributed by atoms with Gasteiger partial charge in [0.2, 0.25) is 0 Å². The Balaban J connectivity index is 2.00. The van der Waals surface area contributed by atoms with E-state index in [1.807, 2.05) is 36.4 Å². The maximum Gasteiger partial charge on any atom is 0.161 e. The van der Waals surface area contributed by atoms with Crippen LogP contribution in [0.5, 0.6) is 23.0 Å². The van der Waals surface area contributed by atoms with Gasteiger partial charge >= 0.3 is 0 Å². The first-order chi connectivity index (χ1) is 11.7. The van der Waals surface area contributed by atoms with E-state index in [1.54, 1.807) is 34.7 Å². The summed E-state index contributed by atoms with van der Waals surface area (Å²) in [6.07, 6.45) is 1.71.